The van der Waals surface area contributed by atoms with Crippen LogP contribution in [0.15, 0.2) is 78.9 Å². The van der Waals surface area contributed by atoms with Gasteiger partial charge in [0.05, 0.1) is 22.8 Å². The molecule has 0 saturated carbocycles. The highest BCUT2D eigenvalue weighted by Gasteiger charge is 2.45. The zero-order chi connectivity index (χ0) is 40.3. The van der Waals surface area contributed by atoms with E-state index >= 15 is 0 Å². The molecule has 0 spiro atoms. The molecule has 4 aromatic carbocycles. The Morgan fingerprint density at radius 1 is 0.778 bits per heavy atom. The van der Waals surface area contributed by atoms with Crippen LogP contribution in [0, 0.1) is 18.8 Å². The number of carbonyl (C=O) groups excluding carboxylic acids is 1. The van der Waals surface area contributed by atoms with Gasteiger partial charge in [0.2, 0.25) is 0 Å². The fraction of sp³-hybridized carbons (Fsp3) is 0.364. The number of aryl methyl sites for hydroxylation is 1. The molecule has 8 nitrogen and oxygen atoms in total. The minimum absolute atomic E-state index is 0.0577. The molecule has 54 heavy (non-hydrogen) atoms. The quantitative estimate of drug-likeness (QED) is 0.129. The third-order valence-electron chi connectivity index (χ3n) is 9.18. The van der Waals surface area contributed by atoms with E-state index in [0.717, 1.165) is 35.1 Å². The van der Waals surface area contributed by atoms with Gasteiger partial charge >= 0.3 is 17.9 Å². The summed E-state index contributed by atoms with van der Waals surface area (Å²) in [4.78, 5) is 45.0. The molecular formula is C44H50Cl2O8. The molecule has 3 N–H and O–H groups in total. The number of Topliss-reactive ketones (excluding diaryl/α,β-unsaturated/α-hetero) is 1. The fourth-order valence-electron chi connectivity index (χ4n) is 6.33. The first-order valence-electron chi connectivity index (χ1n) is 17.9. The number of ether oxygens (including phenoxy) is 1. The Kier molecular flexibility index (Phi) is 15.9. The van der Waals surface area contributed by atoms with E-state index in [0.29, 0.717) is 29.4 Å². The Balaban J connectivity index is 0.000000229. The van der Waals surface area contributed by atoms with Gasteiger partial charge in [-0.1, -0.05) is 124 Å². The van der Waals surface area contributed by atoms with Crippen molar-refractivity contribution in [1.82, 2.24) is 0 Å². The normalized spacial score (nSPS) is 15.1. The summed E-state index contributed by atoms with van der Waals surface area (Å²) in [6, 6.07) is 25.0. The van der Waals surface area contributed by atoms with Gasteiger partial charge < -0.3 is 20.1 Å². The number of benzene rings is 4. The molecule has 0 fully saturated rings. The van der Waals surface area contributed by atoms with Crippen molar-refractivity contribution in [3.63, 3.8) is 0 Å². The maximum atomic E-state index is 13.0. The van der Waals surface area contributed by atoms with Gasteiger partial charge in [-0.15, -0.1) is 0 Å². The summed E-state index contributed by atoms with van der Waals surface area (Å²) < 4.78 is 5.19. The number of aliphatic carboxylic acids is 3. The molecule has 0 bridgehead atoms. The Bertz CT molecular complexity index is 1940. The largest absolute Gasteiger partial charge is 0.481 e. The van der Waals surface area contributed by atoms with Crippen LogP contribution >= 0.6 is 23.2 Å². The maximum Gasteiger partial charge on any atom is 0.341 e. The van der Waals surface area contributed by atoms with Crippen molar-refractivity contribution in [3.05, 3.63) is 133 Å². The highest BCUT2D eigenvalue weighted by atomic mass is 35.5. The topological polar surface area (TPSA) is 138 Å². The van der Waals surface area contributed by atoms with Gasteiger partial charge in [0.25, 0.3) is 0 Å². The summed E-state index contributed by atoms with van der Waals surface area (Å²) in [5.41, 5.74) is 6.67. The standard InChI is InChI=1S/C18H14Cl2O4.2C13H18O2/c1-18(11-5-3-2-4-6-11)8-10-7-12(24-9-13(21)22)15(19)16(20)14(10)17(18)23;1-9(2)8-11-4-6-12(7-5-11)10(3)13(14)15;1-9(2)6-11-4-5-12(8-13(14)15)10(3)7-11/h2-7H,8-9H2,1H3,(H,21,22);4-7,9-10H,8H2,1-3H3,(H,14,15);4-5,7,9H,6,8H2,1-3H3,(H,14,15). The molecule has 0 saturated heterocycles. The van der Waals surface area contributed by atoms with Gasteiger partial charge in [-0.05, 0) is 96.9 Å². The Morgan fingerprint density at radius 2 is 1.35 bits per heavy atom. The number of hydrogen-bond donors (Lipinski definition) is 3. The van der Waals surface area contributed by atoms with E-state index in [9.17, 15) is 19.2 Å². The van der Waals surface area contributed by atoms with Crippen molar-refractivity contribution in [2.24, 2.45) is 11.8 Å². The van der Waals surface area contributed by atoms with E-state index in [4.69, 9.17) is 43.3 Å². The number of hydrogen-bond acceptors (Lipinski definition) is 5. The van der Waals surface area contributed by atoms with E-state index in [2.05, 4.69) is 33.8 Å². The van der Waals surface area contributed by atoms with Crippen LogP contribution in [0.1, 0.15) is 96.8 Å². The van der Waals surface area contributed by atoms with Gasteiger partial charge in [0.15, 0.2) is 12.4 Å². The fourth-order valence-corrected chi connectivity index (χ4v) is 6.84. The minimum Gasteiger partial charge on any atom is -0.481 e. The lowest BCUT2D eigenvalue weighted by atomic mass is 9.79. The first-order valence-corrected chi connectivity index (χ1v) is 18.7. The average Bonchev–Trinajstić information content (AvgIpc) is 3.37. The molecule has 2 atom stereocenters. The molecule has 0 amide bonds. The van der Waals surface area contributed by atoms with Crippen LogP contribution in [0.25, 0.3) is 0 Å². The van der Waals surface area contributed by atoms with Crippen LogP contribution in [0.2, 0.25) is 10.0 Å². The van der Waals surface area contributed by atoms with Crippen molar-refractivity contribution in [2.45, 2.75) is 85.5 Å². The molecule has 4 aromatic rings. The Hall–Kier alpha value is -4.66. The molecule has 5 rings (SSSR count). The molecule has 2 unspecified atom stereocenters. The monoisotopic (exact) mass is 776 g/mol. The zero-order valence-electron chi connectivity index (χ0n) is 31.9. The third-order valence-corrected chi connectivity index (χ3v) is 10.0. The summed E-state index contributed by atoms with van der Waals surface area (Å²) in [6.45, 7) is 13.7. The second kappa shape index (κ2) is 19.6. The lowest BCUT2D eigenvalue weighted by Gasteiger charge is -2.22. The minimum atomic E-state index is -1.12. The summed E-state index contributed by atoms with van der Waals surface area (Å²) >= 11 is 12.5. The van der Waals surface area contributed by atoms with Gasteiger partial charge in [0, 0.05) is 5.56 Å². The third kappa shape index (κ3) is 11.9. The first kappa shape index (κ1) is 43.7. The van der Waals surface area contributed by atoms with Crippen LogP contribution in [0.3, 0.4) is 0 Å². The van der Waals surface area contributed by atoms with Gasteiger partial charge in [-0.2, -0.15) is 0 Å². The summed E-state index contributed by atoms with van der Waals surface area (Å²) in [5, 5.41) is 26.5. The number of carbonyl (C=O) groups is 4. The Morgan fingerprint density at radius 3 is 1.87 bits per heavy atom. The van der Waals surface area contributed by atoms with Crippen molar-refractivity contribution in [1.29, 1.82) is 0 Å². The molecule has 0 heterocycles. The predicted molar refractivity (Wildman–Crippen MR) is 214 cm³/mol. The van der Waals surface area contributed by atoms with Crippen LogP contribution in [-0.2, 0) is 45.5 Å². The molecule has 288 valence electrons. The van der Waals surface area contributed by atoms with Crippen molar-refractivity contribution in [2.75, 3.05) is 6.61 Å². The van der Waals surface area contributed by atoms with Crippen molar-refractivity contribution in [3.8, 4) is 5.75 Å². The van der Waals surface area contributed by atoms with E-state index in [1.165, 1.54) is 11.1 Å². The smallest absolute Gasteiger partial charge is 0.341 e. The van der Waals surface area contributed by atoms with Crippen LogP contribution < -0.4 is 4.74 Å². The summed E-state index contributed by atoms with van der Waals surface area (Å²) in [5.74, 6) is -1.73. The second-order valence-corrected chi connectivity index (χ2v) is 15.5. The zero-order valence-corrected chi connectivity index (χ0v) is 33.4. The molecule has 1 aliphatic carbocycles. The van der Waals surface area contributed by atoms with Gasteiger partial charge in [-0.25, -0.2) is 4.79 Å². The van der Waals surface area contributed by atoms with Gasteiger partial charge in [0.1, 0.15) is 10.8 Å². The average molecular weight is 778 g/mol. The lowest BCUT2D eigenvalue weighted by molar-refractivity contribution is -0.139. The maximum absolute atomic E-state index is 13.0. The number of carboxylic acids is 3. The van der Waals surface area contributed by atoms with Crippen molar-refractivity contribution >= 4 is 46.9 Å². The van der Waals surface area contributed by atoms with Crippen LogP contribution in [0.5, 0.6) is 5.75 Å². The lowest BCUT2D eigenvalue weighted by Crippen LogP contribution is -2.29. The van der Waals surface area contributed by atoms with E-state index in [1.54, 1.807) is 13.0 Å². The number of fused-ring (bicyclic) bond motifs is 1. The number of ketones is 1. The van der Waals surface area contributed by atoms with E-state index in [1.807, 2.05) is 80.6 Å². The SMILES string of the molecule is CC(C)Cc1ccc(C(C)C(=O)O)cc1.CC1(c2ccccc2)Cc2cc(OCC(=O)O)c(Cl)c(Cl)c2C1=O.Cc1cc(CC(C)C)ccc1CC(=O)O. The summed E-state index contributed by atoms with van der Waals surface area (Å²) in [6.07, 6.45) is 2.66. The Labute approximate surface area is 328 Å². The van der Waals surface area contributed by atoms with E-state index in [-0.39, 0.29) is 28.0 Å². The second-order valence-electron chi connectivity index (χ2n) is 14.8. The number of rotatable bonds is 12. The van der Waals surface area contributed by atoms with Crippen LogP contribution in [-0.4, -0.2) is 45.6 Å². The molecule has 0 aliphatic heterocycles. The first-order chi connectivity index (χ1) is 25.3. The van der Waals surface area contributed by atoms with Crippen LogP contribution in [0.4, 0.5) is 0 Å². The molecule has 10 heteroatoms. The molecule has 0 radical (unpaired) electrons. The highest BCUT2D eigenvalue weighted by Crippen LogP contribution is 2.47. The van der Waals surface area contributed by atoms with Crippen molar-refractivity contribution < 1.29 is 39.2 Å². The number of carboxylic acid groups (broad SMARTS) is 3. The molecule has 1 aliphatic rings. The van der Waals surface area contributed by atoms with E-state index < -0.39 is 35.8 Å². The molecule has 0 aromatic heterocycles. The molecular weight excluding hydrogens is 727 g/mol. The van der Waals surface area contributed by atoms with Gasteiger partial charge in [-0.3, -0.25) is 14.4 Å². The number of halogens is 2. The predicted octanol–water partition coefficient (Wildman–Crippen LogP) is 10.0. The summed E-state index contributed by atoms with van der Waals surface area (Å²) in [7, 11) is 0. The highest BCUT2D eigenvalue weighted by molar-refractivity contribution is 6.45.